The van der Waals surface area contributed by atoms with Crippen LogP contribution < -0.4 is 19.7 Å². The fraction of sp³-hybridized carbons (Fsp3) is 0.115. The number of benzene rings is 3. The van der Waals surface area contributed by atoms with E-state index in [1.807, 2.05) is 0 Å². The summed E-state index contributed by atoms with van der Waals surface area (Å²) < 4.78 is 25.6. The van der Waals surface area contributed by atoms with Crippen LogP contribution in [0, 0.1) is 5.82 Å². The van der Waals surface area contributed by atoms with Crippen molar-refractivity contribution in [2.24, 2.45) is 0 Å². The molecule has 7 nitrogen and oxygen atoms in total. The molecule has 4 rings (SSSR count). The van der Waals surface area contributed by atoms with E-state index in [4.69, 9.17) is 21.1 Å². The quantitative estimate of drug-likeness (QED) is 0.282. The molecular formula is C26H19BrClFN2O5. The van der Waals surface area contributed by atoms with Crippen molar-refractivity contribution in [3.05, 3.63) is 92.7 Å². The van der Waals surface area contributed by atoms with Crippen molar-refractivity contribution in [3.8, 4) is 11.5 Å². The molecule has 0 aromatic heterocycles. The van der Waals surface area contributed by atoms with Crippen molar-refractivity contribution in [2.75, 3.05) is 11.5 Å². The van der Waals surface area contributed by atoms with Gasteiger partial charge in [0.25, 0.3) is 11.8 Å². The van der Waals surface area contributed by atoms with Gasteiger partial charge in [-0.2, -0.15) is 0 Å². The van der Waals surface area contributed by atoms with Gasteiger partial charge in [0.15, 0.2) is 11.5 Å². The minimum absolute atomic E-state index is 0.0899. The Morgan fingerprint density at radius 2 is 1.83 bits per heavy atom. The summed E-state index contributed by atoms with van der Waals surface area (Å²) in [6.07, 6.45) is 1.34. The number of amides is 4. The lowest BCUT2D eigenvalue weighted by Gasteiger charge is -2.27. The number of carbonyl (C=O) groups excluding carboxylic acids is 3. The lowest BCUT2D eigenvalue weighted by molar-refractivity contribution is -0.122. The molecule has 4 amide bonds. The molecule has 36 heavy (non-hydrogen) atoms. The number of para-hydroxylation sites is 1. The smallest absolute Gasteiger partial charge is 0.335 e. The first-order chi connectivity index (χ1) is 17.3. The van der Waals surface area contributed by atoms with Crippen molar-refractivity contribution in [1.29, 1.82) is 0 Å². The lowest BCUT2D eigenvalue weighted by atomic mass is 10.1. The minimum Gasteiger partial charge on any atom is -0.490 e. The molecule has 0 unspecified atom stereocenters. The highest BCUT2D eigenvalue weighted by Crippen LogP contribution is 2.38. The Balaban J connectivity index is 1.67. The number of nitrogens with one attached hydrogen (secondary N) is 1. The maximum absolute atomic E-state index is 13.5. The summed E-state index contributed by atoms with van der Waals surface area (Å²) in [5.74, 6) is -1.32. The number of carbonyl (C=O) groups is 3. The molecule has 1 aliphatic heterocycles. The molecule has 1 aliphatic rings. The van der Waals surface area contributed by atoms with E-state index in [0.29, 0.717) is 33.7 Å². The summed E-state index contributed by atoms with van der Waals surface area (Å²) in [7, 11) is 0. The number of rotatable bonds is 7. The van der Waals surface area contributed by atoms with Crippen LogP contribution in [0.5, 0.6) is 11.5 Å². The summed E-state index contributed by atoms with van der Waals surface area (Å²) in [5, 5.41) is 2.34. The zero-order valence-electron chi connectivity index (χ0n) is 18.9. The summed E-state index contributed by atoms with van der Waals surface area (Å²) in [6, 6.07) is 14.7. The zero-order chi connectivity index (χ0) is 25.8. The van der Waals surface area contributed by atoms with Gasteiger partial charge in [-0.3, -0.25) is 14.9 Å². The molecular weight excluding hydrogens is 555 g/mol. The molecule has 1 fully saturated rings. The number of imide groups is 2. The third kappa shape index (κ3) is 5.42. The van der Waals surface area contributed by atoms with E-state index < -0.39 is 17.8 Å². The van der Waals surface area contributed by atoms with E-state index in [1.54, 1.807) is 43.3 Å². The molecule has 0 bridgehead atoms. The third-order valence-electron chi connectivity index (χ3n) is 5.11. The zero-order valence-corrected chi connectivity index (χ0v) is 21.2. The fourth-order valence-electron chi connectivity index (χ4n) is 3.53. The van der Waals surface area contributed by atoms with Crippen LogP contribution >= 0.6 is 27.5 Å². The third-order valence-corrected chi connectivity index (χ3v) is 6.02. The maximum Gasteiger partial charge on any atom is 0.335 e. The lowest BCUT2D eigenvalue weighted by Crippen LogP contribution is -2.54. The number of hydrogen-bond acceptors (Lipinski definition) is 5. The van der Waals surface area contributed by atoms with Gasteiger partial charge in [-0.05, 0) is 76.5 Å². The molecule has 1 saturated heterocycles. The predicted molar refractivity (Wildman–Crippen MR) is 136 cm³/mol. The van der Waals surface area contributed by atoms with Crippen LogP contribution in [0.15, 0.2) is 70.7 Å². The Bertz CT molecular complexity index is 1390. The Labute approximate surface area is 219 Å². The van der Waals surface area contributed by atoms with E-state index >= 15 is 0 Å². The first kappa shape index (κ1) is 25.4. The van der Waals surface area contributed by atoms with Gasteiger partial charge in [0.2, 0.25) is 0 Å². The van der Waals surface area contributed by atoms with E-state index in [-0.39, 0.29) is 28.7 Å². The van der Waals surface area contributed by atoms with Gasteiger partial charge in [-0.15, -0.1) is 0 Å². The highest BCUT2D eigenvalue weighted by atomic mass is 79.9. The number of urea groups is 1. The van der Waals surface area contributed by atoms with E-state index in [9.17, 15) is 18.8 Å². The summed E-state index contributed by atoms with van der Waals surface area (Å²) in [5.41, 5.74) is 0.953. The van der Waals surface area contributed by atoms with E-state index in [1.165, 1.54) is 30.3 Å². The molecule has 1 heterocycles. The number of anilines is 1. The first-order valence-corrected chi connectivity index (χ1v) is 11.9. The average Bonchev–Trinajstić information content (AvgIpc) is 2.82. The van der Waals surface area contributed by atoms with Gasteiger partial charge in [0, 0.05) is 0 Å². The van der Waals surface area contributed by atoms with Crippen molar-refractivity contribution in [1.82, 2.24) is 5.32 Å². The van der Waals surface area contributed by atoms with Crippen LogP contribution in [0.1, 0.15) is 18.1 Å². The number of ether oxygens (including phenoxy) is 2. The molecule has 0 saturated carbocycles. The predicted octanol–water partition coefficient (Wildman–Crippen LogP) is 5.89. The fourth-order valence-corrected chi connectivity index (χ4v) is 4.33. The topological polar surface area (TPSA) is 84.9 Å². The second-order valence-corrected chi connectivity index (χ2v) is 8.85. The molecule has 3 aromatic rings. The molecule has 0 aliphatic carbocycles. The van der Waals surface area contributed by atoms with Crippen molar-refractivity contribution < 1.29 is 28.2 Å². The number of hydrogen-bond donors (Lipinski definition) is 1. The molecule has 0 radical (unpaired) electrons. The molecule has 0 spiro atoms. The number of halogens is 3. The second kappa shape index (κ2) is 10.9. The van der Waals surface area contributed by atoms with Crippen LogP contribution in [0.25, 0.3) is 6.08 Å². The monoisotopic (exact) mass is 572 g/mol. The van der Waals surface area contributed by atoms with Gasteiger partial charge in [-0.1, -0.05) is 35.9 Å². The summed E-state index contributed by atoms with van der Waals surface area (Å²) in [6.45, 7) is 2.20. The highest BCUT2D eigenvalue weighted by molar-refractivity contribution is 9.10. The van der Waals surface area contributed by atoms with E-state index in [0.717, 1.165) is 4.90 Å². The number of barbiturate groups is 1. The Morgan fingerprint density at radius 1 is 1.06 bits per heavy atom. The van der Waals surface area contributed by atoms with Gasteiger partial charge < -0.3 is 9.47 Å². The van der Waals surface area contributed by atoms with Gasteiger partial charge >= 0.3 is 6.03 Å². The van der Waals surface area contributed by atoms with Crippen LogP contribution in [-0.2, 0) is 16.2 Å². The van der Waals surface area contributed by atoms with Crippen molar-refractivity contribution in [2.45, 2.75) is 13.5 Å². The van der Waals surface area contributed by atoms with Crippen molar-refractivity contribution in [3.63, 3.8) is 0 Å². The number of nitrogens with zero attached hydrogens (tertiary/aromatic N) is 1. The maximum atomic E-state index is 13.5. The average molecular weight is 574 g/mol. The standard InChI is InChI=1S/C26H19BrClFN2O5/c1-2-35-22-13-16(12-19(27)23(22)36-14-15-6-5-7-17(29)10-15)11-18-24(32)30-26(34)31(25(18)33)21-9-4-3-8-20(21)28/h3-13H,2,14H2,1H3,(H,30,32,34)/b18-11+. The minimum atomic E-state index is -0.896. The normalized spacial score (nSPS) is 14.7. The second-order valence-electron chi connectivity index (χ2n) is 7.59. The molecule has 10 heteroatoms. The van der Waals surface area contributed by atoms with Crippen LogP contribution in [0.3, 0.4) is 0 Å². The summed E-state index contributed by atoms with van der Waals surface area (Å²) >= 11 is 9.62. The Hall–Kier alpha value is -3.69. The van der Waals surface area contributed by atoms with Crippen LogP contribution in [-0.4, -0.2) is 24.5 Å². The van der Waals surface area contributed by atoms with Crippen molar-refractivity contribution >= 4 is 57.1 Å². The van der Waals surface area contributed by atoms with Crippen LogP contribution in [0.2, 0.25) is 5.02 Å². The highest BCUT2D eigenvalue weighted by Gasteiger charge is 2.37. The van der Waals surface area contributed by atoms with Gasteiger partial charge in [0.1, 0.15) is 18.0 Å². The van der Waals surface area contributed by atoms with Crippen LogP contribution in [0.4, 0.5) is 14.9 Å². The van der Waals surface area contributed by atoms with E-state index in [2.05, 4.69) is 21.2 Å². The molecule has 1 N–H and O–H groups in total. The first-order valence-electron chi connectivity index (χ1n) is 10.8. The largest absolute Gasteiger partial charge is 0.490 e. The Morgan fingerprint density at radius 3 is 2.56 bits per heavy atom. The summed E-state index contributed by atoms with van der Waals surface area (Å²) in [4.78, 5) is 39.0. The SMILES string of the molecule is CCOc1cc(/C=C2\C(=O)NC(=O)N(c3ccccc3Cl)C2=O)cc(Br)c1OCc1cccc(F)c1. The molecule has 0 atom stereocenters. The molecule has 184 valence electrons. The van der Waals surface area contributed by atoms with Gasteiger partial charge in [0.05, 0.1) is 21.8 Å². The van der Waals surface area contributed by atoms with Gasteiger partial charge in [-0.25, -0.2) is 14.1 Å². The molecule has 3 aromatic carbocycles. The Kier molecular flexibility index (Phi) is 7.71.